The number of rotatable bonds is 5. The Morgan fingerprint density at radius 1 is 1.21 bits per heavy atom. The third kappa shape index (κ3) is 6.32. The van der Waals surface area contributed by atoms with Crippen molar-refractivity contribution in [3.05, 3.63) is 34.9 Å². The van der Waals surface area contributed by atoms with Crippen LogP contribution in [0.4, 0.5) is 5.69 Å². The Morgan fingerprint density at radius 2 is 2.03 bits per heavy atom. The quantitative estimate of drug-likeness (QED) is 0.665. The van der Waals surface area contributed by atoms with E-state index < -0.39 is 0 Å². The number of hydrazone groups is 1. The molecule has 4 N–H and O–H groups in total. The average molecular weight is 398 g/mol. The molecular weight excluding hydrogens is 362 g/mol. The number of hydrogen-bond acceptors (Lipinski definition) is 5. The van der Waals surface area contributed by atoms with Crippen molar-refractivity contribution in [1.29, 1.82) is 0 Å². The summed E-state index contributed by atoms with van der Waals surface area (Å²) in [6, 6.07) is 5.65. The second-order valence-electron chi connectivity index (χ2n) is 8.11. The van der Waals surface area contributed by atoms with Crippen LogP contribution in [0.5, 0.6) is 0 Å². The maximum absolute atomic E-state index is 12.7. The van der Waals surface area contributed by atoms with Crippen LogP contribution in [0.25, 0.3) is 5.57 Å². The van der Waals surface area contributed by atoms with E-state index in [4.69, 9.17) is 5.73 Å². The molecule has 3 rings (SSSR count). The molecule has 1 aromatic rings. The molecule has 6 heteroatoms. The number of hydrogen-bond donors (Lipinski definition) is 3. The molecule has 0 aliphatic carbocycles. The van der Waals surface area contributed by atoms with Gasteiger partial charge in [-0.1, -0.05) is 6.42 Å². The summed E-state index contributed by atoms with van der Waals surface area (Å²) in [5.41, 5.74) is 14.3. The van der Waals surface area contributed by atoms with Gasteiger partial charge in [-0.25, -0.2) is 0 Å². The maximum atomic E-state index is 12.7. The molecule has 0 unspecified atom stereocenters. The maximum Gasteiger partial charge on any atom is 0.251 e. The van der Waals surface area contributed by atoms with Gasteiger partial charge >= 0.3 is 0 Å². The highest BCUT2D eigenvalue weighted by atomic mass is 16.1. The highest BCUT2D eigenvalue weighted by Crippen LogP contribution is 2.30. The van der Waals surface area contributed by atoms with Gasteiger partial charge in [-0.2, -0.15) is 5.10 Å². The standard InChI is InChI=1S/C23H35N5O/c1-18-17-27-26-11-5-2-4-8-20(18)21-16-19(9-10-22(21)24)23(29)25-12-15-28-13-6-3-7-14-28/h9-11,16,27H,2-8,12-15,17,24H2,1H3,(H,25,29)/b20-18+,26-11-. The number of likely N-dealkylation sites (tertiary alicyclic amines) is 1. The first-order valence-electron chi connectivity index (χ1n) is 11.0. The fourth-order valence-corrected chi connectivity index (χ4v) is 4.09. The molecule has 1 saturated heterocycles. The Balaban J connectivity index is 1.68. The van der Waals surface area contributed by atoms with Crippen molar-refractivity contribution in [3.63, 3.8) is 0 Å². The normalized spacial score (nSPS) is 22.5. The summed E-state index contributed by atoms with van der Waals surface area (Å²) >= 11 is 0. The molecule has 2 aliphatic rings. The Kier molecular flexibility index (Phi) is 8.11. The lowest BCUT2D eigenvalue weighted by atomic mass is 9.92. The number of allylic oxidation sites excluding steroid dienone is 1. The number of carbonyl (C=O) groups excluding carboxylic acids is 1. The van der Waals surface area contributed by atoms with Crippen molar-refractivity contribution in [2.45, 2.75) is 51.9 Å². The van der Waals surface area contributed by atoms with Crippen molar-refractivity contribution in [1.82, 2.24) is 15.6 Å². The number of piperidine rings is 1. The van der Waals surface area contributed by atoms with Gasteiger partial charge in [0, 0.05) is 36.1 Å². The molecule has 29 heavy (non-hydrogen) atoms. The lowest BCUT2D eigenvalue weighted by Crippen LogP contribution is -2.37. The predicted molar refractivity (Wildman–Crippen MR) is 121 cm³/mol. The lowest BCUT2D eigenvalue weighted by Gasteiger charge is -2.26. The van der Waals surface area contributed by atoms with Crippen LogP contribution >= 0.6 is 0 Å². The first-order valence-corrected chi connectivity index (χ1v) is 11.0. The molecule has 1 aromatic carbocycles. The van der Waals surface area contributed by atoms with E-state index in [0.717, 1.165) is 56.6 Å². The van der Waals surface area contributed by atoms with E-state index in [0.29, 0.717) is 18.7 Å². The fraction of sp³-hybridized carbons (Fsp3) is 0.565. The van der Waals surface area contributed by atoms with Crippen LogP contribution in [-0.4, -0.2) is 49.7 Å². The number of amides is 1. The largest absolute Gasteiger partial charge is 0.398 e. The molecule has 0 bridgehead atoms. The van der Waals surface area contributed by atoms with Crippen LogP contribution in [0.3, 0.4) is 0 Å². The van der Waals surface area contributed by atoms with E-state index >= 15 is 0 Å². The minimum absolute atomic E-state index is 0.0240. The molecule has 2 aliphatic heterocycles. The average Bonchev–Trinajstić information content (AvgIpc) is 2.74. The van der Waals surface area contributed by atoms with Gasteiger partial charge in [-0.3, -0.25) is 4.79 Å². The molecular formula is C23H35N5O. The Bertz CT molecular complexity index is 750. The minimum Gasteiger partial charge on any atom is -0.398 e. The second kappa shape index (κ2) is 11.0. The first kappa shape index (κ1) is 21.4. The van der Waals surface area contributed by atoms with Crippen LogP contribution in [0, 0.1) is 0 Å². The topological polar surface area (TPSA) is 82.8 Å². The number of nitrogens with one attached hydrogen (secondary N) is 2. The molecule has 0 spiro atoms. The molecule has 1 amide bonds. The summed E-state index contributed by atoms with van der Waals surface area (Å²) < 4.78 is 0. The van der Waals surface area contributed by atoms with Gasteiger partial charge in [0.05, 0.1) is 6.54 Å². The van der Waals surface area contributed by atoms with Crippen molar-refractivity contribution < 1.29 is 4.79 Å². The molecule has 158 valence electrons. The summed E-state index contributed by atoms with van der Waals surface area (Å²) in [6.07, 6.45) is 9.94. The van der Waals surface area contributed by atoms with Crippen LogP contribution in [0.1, 0.15) is 67.8 Å². The highest BCUT2D eigenvalue weighted by molar-refractivity contribution is 5.96. The zero-order chi connectivity index (χ0) is 20.5. The summed E-state index contributed by atoms with van der Waals surface area (Å²) in [5, 5.41) is 7.32. The van der Waals surface area contributed by atoms with E-state index in [-0.39, 0.29) is 5.91 Å². The third-order valence-electron chi connectivity index (χ3n) is 5.85. The van der Waals surface area contributed by atoms with Crippen LogP contribution in [0.2, 0.25) is 0 Å². The van der Waals surface area contributed by atoms with Crippen LogP contribution < -0.4 is 16.5 Å². The number of nitrogens with zero attached hydrogens (tertiary/aromatic N) is 2. The number of carbonyl (C=O) groups is 1. The number of benzene rings is 1. The highest BCUT2D eigenvalue weighted by Gasteiger charge is 2.15. The van der Waals surface area contributed by atoms with Crippen molar-refractivity contribution >= 4 is 23.4 Å². The zero-order valence-corrected chi connectivity index (χ0v) is 17.7. The van der Waals surface area contributed by atoms with E-state index in [1.807, 2.05) is 24.4 Å². The summed E-state index contributed by atoms with van der Waals surface area (Å²) in [5.74, 6) is -0.0240. The number of nitrogen functional groups attached to an aromatic ring is 1. The van der Waals surface area contributed by atoms with E-state index in [9.17, 15) is 4.79 Å². The van der Waals surface area contributed by atoms with E-state index in [1.54, 1.807) is 0 Å². The predicted octanol–water partition coefficient (Wildman–Crippen LogP) is 3.41. The van der Waals surface area contributed by atoms with Gasteiger partial charge in [-0.15, -0.1) is 0 Å². The Labute approximate surface area is 174 Å². The van der Waals surface area contributed by atoms with Gasteiger partial charge in [0.25, 0.3) is 5.91 Å². The van der Waals surface area contributed by atoms with Gasteiger partial charge in [0.2, 0.25) is 0 Å². The van der Waals surface area contributed by atoms with Gasteiger partial charge in [0.15, 0.2) is 0 Å². The van der Waals surface area contributed by atoms with Crippen molar-refractivity contribution in [2.24, 2.45) is 5.10 Å². The molecule has 6 nitrogen and oxygen atoms in total. The smallest absolute Gasteiger partial charge is 0.251 e. The van der Waals surface area contributed by atoms with Gasteiger partial charge in [-0.05, 0) is 87.9 Å². The summed E-state index contributed by atoms with van der Waals surface area (Å²) in [4.78, 5) is 15.2. The van der Waals surface area contributed by atoms with Crippen molar-refractivity contribution in [3.8, 4) is 0 Å². The SMILES string of the molecule is C/C1=C(\c2cc(C(=O)NCCN3CCCCC3)ccc2N)CCCC/C=N\NC1. The van der Waals surface area contributed by atoms with Crippen LogP contribution in [-0.2, 0) is 0 Å². The zero-order valence-electron chi connectivity index (χ0n) is 17.7. The molecule has 2 heterocycles. The first-order chi connectivity index (χ1) is 14.1. The molecule has 0 aromatic heterocycles. The molecule has 0 radical (unpaired) electrons. The monoisotopic (exact) mass is 397 g/mol. The Hall–Kier alpha value is -2.34. The summed E-state index contributed by atoms with van der Waals surface area (Å²) in [7, 11) is 0. The molecule has 0 atom stereocenters. The van der Waals surface area contributed by atoms with Crippen LogP contribution in [0.15, 0.2) is 28.9 Å². The molecule has 1 fully saturated rings. The van der Waals surface area contributed by atoms with E-state index in [2.05, 4.69) is 27.7 Å². The number of anilines is 1. The Morgan fingerprint density at radius 3 is 2.86 bits per heavy atom. The fourth-order valence-electron chi connectivity index (χ4n) is 4.09. The lowest BCUT2D eigenvalue weighted by molar-refractivity contribution is 0.0946. The number of nitrogens with two attached hydrogens (primary N) is 1. The minimum atomic E-state index is -0.0240. The third-order valence-corrected chi connectivity index (χ3v) is 5.85. The van der Waals surface area contributed by atoms with Gasteiger partial charge < -0.3 is 21.4 Å². The van der Waals surface area contributed by atoms with Crippen molar-refractivity contribution in [2.75, 3.05) is 38.5 Å². The summed E-state index contributed by atoms with van der Waals surface area (Å²) in [6.45, 7) is 6.70. The second-order valence-corrected chi connectivity index (χ2v) is 8.11. The van der Waals surface area contributed by atoms with Gasteiger partial charge in [0.1, 0.15) is 0 Å². The van der Waals surface area contributed by atoms with E-state index in [1.165, 1.54) is 30.4 Å². The molecule has 0 saturated carbocycles.